The second-order valence-corrected chi connectivity index (χ2v) is 8.58. The highest BCUT2D eigenvalue weighted by molar-refractivity contribution is 5.82. The Hall–Kier alpha value is -3.58. The molecule has 0 saturated carbocycles. The molecule has 7 heteroatoms. The maximum atomic E-state index is 13.2. The molecule has 0 bridgehead atoms. The molecule has 178 valence electrons. The van der Waals surface area contributed by atoms with Crippen molar-refractivity contribution in [3.8, 4) is 11.5 Å². The average molecular weight is 461 g/mol. The zero-order valence-electron chi connectivity index (χ0n) is 20.1. The van der Waals surface area contributed by atoms with Crippen molar-refractivity contribution in [3.05, 3.63) is 84.2 Å². The molecule has 1 aliphatic heterocycles. The molecule has 0 N–H and O–H groups in total. The third-order valence-corrected chi connectivity index (χ3v) is 6.10. The second kappa shape index (κ2) is 11.0. The number of hydrogen-bond acceptors (Lipinski definition) is 6. The van der Waals surface area contributed by atoms with Crippen LogP contribution in [0.25, 0.3) is 0 Å². The highest BCUT2D eigenvalue weighted by atomic mass is 16.5. The molecule has 4 rings (SSSR count). The Morgan fingerprint density at radius 1 is 1.03 bits per heavy atom. The number of carbonyl (C=O) groups excluding carboxylic acids is 1. The van der Waals surface area contributed by atoms with Crippen LogP contribution in [-0.4, -0.2) is 67.6 Å². The first-order valence-electron chi connectivity index (χ1n) is 11.5. The summed E-state index contributed by atoms with van der Waals surface area (Å²) in [5, 5.41) is 0. The van der Waals surface area contributed by atoms with Crippen LogP contribution in [0.3, 0.4) is 0 Å². The zero-order valence-corrected chi connectivity index (χ0v) is 20.1. The van der Waals surface area contributed by atoms with Crippen LogP contribution in [0.4, 0.5) is 5.69 Å². The molecule has 2 aromatic carbocycles. The predicted molar refractivity (Wildman–Crippen MR) is 133 cm³/mol. The van der Waals surface area contributed by atoms with E-state index in [9.17, 15) is 4.79 Å². The monoisotopic (exact) mass is 460 g/mol. The Morgan fingerprint density at radius 3 is 2.50 bits per heavy atom. The highest BCUT2D eigenvalue weighted by Crippen LogP contribution is 2.26. The summed E-state index contributed by atoms with van der Waals surface area (Å²) in [4.78, 5) is 23.7. The molecule has 0 aliphatic carbocycles. The van der Waals surface area contributed by atoms with Crippen molar-refractivity contribution in [2.75, 3.05) is 45.7 Å². The summed E-state index contributed by atoms with van der Waals surface area (Å²) in [7, 11) is 5.30. The molecule has 34 heavy (non-hydrogen) atoms. The number of carbonyl (C=O) groups is 1. The van der Waals surface area contributed by atoms with Crippen LogP contribution in [0.5, 0.6) is 11.5 Å². The van der Waals surface area contributed by atoms with Gasteiger partial charge in [0.1, 0.15) is 24.1 Å². The number of hydrogen-bond donors (Lipinski definition) is 0. The van der Waals surface area contributed by atoms with Gasteiger partial charge in [0.2, 0.25) is 5.91 Å². The van der Waals surface area contributed by atoms with Gasteiger partial charge in [-0.25, -0.2) is 0 Å². The number of piperazine rings is 1. The lowest BCUT2D eigenvalue weighted by Gasteiger charge is -2.42. The molecule has 1 unspecified atom stereocenters. The van der Waals surface area contributed by atoms with Gasteiger partial charge in [0.25, 0.3) is 0 Å². The van der Waals surface area contributed by atoms with Crippen LogP contribution in [0, 0.1) is 0 Å². The lowest BCUT2D eigenvalue weighted by Crippen LogP contribution is -2.58. The molecule has 0 spiro atoms. The van der Waals surface area contributed by atoms with Crippen LogP contribution in [0.15, 0.2) is 72.9 Å². The Bertz CT molecular complexity index is 1070. The van der Waals surface area contributed by atoms with Gasteiger partial charge in [-0.15, -0.1) is 0 Å². The number of pyridine rings is 1. The highest BCUT2D eigenvalue weighted by Gasteiger charge is 2.34. The Kier molecular flexibility index (Phi) is 7.65. The van der Waals surface area contributed by atoms with E-state index in [1.807, 2.05) is 74.8 Å². The molecule has 1 aromatic heterocycles. The third-order valence-electron chi connectivity index (χ3n) is 6.10. The number of ether oxygens (including phenoxy) is 2. The summed E-state index contributed by atoms with van der Waals surface area (Å²) < 4.78 is 11.4. The molecule has 1 atom stereocenters. The van der Waals surface area contributed by atoms with E-state index in [0.717, 1.165) is 41.5 Å². The van der Waals surface area contributed by atoms with Gasteiger partial charge >= 0.3 is 0 Å². The molecule has 0 radical (unpaired) electrons. The summed E-state index contributed by atoms with van der Waals surface area (Å²) in [6.45, 7) is 3.27. The fourth-order valence-electron chi connectivity index (χ4n) is 4.20. The number of methoxy groups -OCH3 is 1. The van der Waals surface area contributed by atoms with Crippen LogP contribution < -0.4 is 14.4 Å². The lowest BCUT2D eigenvalue weighted by atomic mass is 10.1. The predicted octanol–water partition coefficient (Wildman–Crippen LogP) is 3.45. The van der Waals surface area contributed by atoms with Gasteiger partial charge in [-0.05, 0) is 42.5 Å². The van der Waals surface area contributed by atoms with Crippen LogP contribution in [0.2, 0.25) is 0 Å². The Morgan fingerprint density at radius 2 is 1.79 bits per heavy atom. The van der Waals surface area contributed by atoms with E-state index >= 15 is 0 Å². The molecule has 3 aromatic rings. The summed E-state index contributed by atoms with van der Waals surface area (Å²) in [5.74, 6) is 1.75. The minimum atomic E-state index is -0.255. The van der Waals surface area contributed by atoms with Gasteiger partial charge in [-0.3, -0.25) is 14.7 Å². The van der Waals surface area contributed by atoms with Crippen LogP contribution >= 0.6 is 0 Å². The van der Waals surface area contributed by atoms with E-state index < -0.39 is 0 Å². The standard InChI is InChI=1S/C27H32N4O3/c1-29(2)27(32)25-19-30(23-11-13-24(33-3)14-12-23)16-17-31(25)18-21-8-4-5-10-26(21)34-20-22-9-6-7-15-28-22/h4-15,25H,16-20H2,1-3H3. The quantitative estimate of drug-likeness (QED) is 0.513. The number of nitrogens with zero attached hydrogens (tertiary/aromatic N) is 4. The zero-order chi connectivity index (χ0) is 23.9. The fourth-order valence-corrected chi connectivity index (χ4v) is 4.20. The lowest BCUT2D eigenvalue weighted by molar-refractivity contribution is -0.135. The maximum Gasteiger partial charge on any atom is 0.241 e. The molecule has 7 nitrogen and oxygen atoms in total. The van der Waals surface area contributed by atoms with Crippen molar-refractivity contribution in [1.29, 1.82) is 0 Å². The number of rotatable bonds is 8. The van der Waals surface area contributed by atoms with E-state index in [2.05, 4.69) is 20.9 Å². The van der Waals surface area contributed by atoms with Crippen molar-refractivity contribution in [2.45, 2.75) is 19.2 Å². The summed E-state index contributed by atoms with van der Waals surface area (Å²) in [6, 6.07) is 21.6. The average Bonchev–Trinajstić information content (AvgIpc) is 2.88. The van der Waals surface area contributed by atoms with Crippen molar-refractivity contribution in [3.63, 3.8) is 0 Å². The number of para-hydroxylation sites is 1. The number of aromatic nitrogens is 1. The normalized spacial score (nSPS) is 16.2. The fraction of sp³-hybridized carbons (Fsp3) is 0.333. The summed E-state index contributed by atoms with van der Waals surface area (Å²) >= 11 is 0. The number of amides is 1. The Balaban J connectivity index is 1.50. The molecule has 1 saturated heterocycles. The Labute approximate surface area is 201 Å². The maximum absolute atomic E-state index is 13.2. The largest absolute Gasteiger partial charge is 0.497 e. The first-order valence-corrected chi connectivity index (χ1v) is 11.5. The van der Waals surface area contributed by atoms with Gasteiger partial charge in [0.05, 0.1) is 12.8 Å². The minimum Gasteiger partial charge on any atom is -0.497 e. The van der Waals surface area contributed by atoms with Gasteiger partial charge in [-0.2, -0.15) is 0 Å². The van der Waals surface area contributed by atoms with E-state index in [1.54, 1.807) is 18.2 Å². The molecular formula is C27H32N4O3. The van der Waals surface area contributed by atoms with Gasteiger partial charge < -0.3 is 19.3 Å². The third kappa shape index (κ3) is 5.66. The van der Waals surface area contributed by atoms with E-state index in [4.69, 9.17) is 9.47 Å². The number of anilines is 1. The first kappa shape index (κ1) is 23.6. The first-order chi connectivity index (χ1) is 16.5. The van der Waals surface area contributed by atoms with Crippen molar-refractivity contribution in [2.24, 2.45) is 0 Å². The van der Waals surface area contributed by atoms with Crippen LogP contribution in [-0.2, 0) is 17.9 Å². The topological polar surface area (TPSA) is 58.1 Å². The SMILES string of the molecule is COc1ccc(N2CCN(Cc3ccccc3OCc3ccccn3)C(C(=O)N(C)C)C2)cc1. The van der Waals surface area contributed by atoms with Crippen LogP contribution in [0.1, 0.15) is 11.3 Å². The van der Waals surface area contributed by atoms with Crippen molar-refractivity contribution >= 4 is 11.6 Å². The molecule has 2 heterocycles. The van der Waals surface area contributed by atoms with E-state index in [1.165, 1.54) is 0 Å². The minimum absolute atomic E-state index is 0.102. The molecule has 1 amide bonds. The van der Waals surface area contributed by atoms with E-state index in [-0.39, 0.29) is 11.9 Å². The smallest absolute Gasteiger partial charge is 0.241 e. The molecule has 1 aliphatic rings. The van der Waals surface area contributed by atoms with E-state index in [0.29, 0.717) is 19.7 Å². The molecular weight excluding hydrogens is 428 g/mol. The van der Waals surface area contributed by atoms with Gasteiger partial charge in [-0.1, -0.05) is 24.3 Å². The van der Waals surface area contributed by atoms with Gasteiger partial charge in [0, 0.05) is 57.7 Å². The number of benzene rings is 2. The van der Waals surface area contributed by atoms with Crippen molar-refractivity contribution < 1.29 is 14.3 Å². The summed E-state index contributed by atoms with van der Waals surface area (Å²) in [5.41, 5.74) is 3.04. The number of likely N-dealkylation sites (N-methyl/N-ethyl adjacent to an activating group) is 1. The summed E-state index contributed by atoms with van der Waals surface area (Å²) in [6.07, 6.45) is 1.77. The van der Waals surface area contributed by atoms with Crippen molar-refractivity contribution in [1.82, 2.24) is 14.8 Å². The van der Waals surface area contributed by atoms with Gasteiger partial charge in [0.15, 0.2) is 0 Å². The molecule has 1 fully saturated rings. The second-order valence-electron chi connectivity index (χ2n) is 8.58.